The highest BCUT2D eigenvalue weighted by Crippen LogP contribution is 2.33. The minimum atomic E-state index is -4.19. The molecule has 5 aromatic rings. The van der Waals surface area contributed by atoms with Crippen molar-refractivity contribution in [3.63, 3.8) is 0 Å². The molecule has 1 amide bonds. The molecule has 5 rings (SSSR count). The molecule has 206 valence electrons. The molecule has 0 spiro atoms. The molecule has 4 aromatic carbocycles. The van der Waals surface area contributed by atoms with E-state index in [0.717, 1.165) is 38.2 Å². The summed E-state index contributed by atoms with van der Waals surface area (Å²) in [6.45, 7) is 4.26. The summed E-state index contributed by atoms with van der Waals surface area (Å²) >= 11 is 0. The number of aromatic nitrogens is 1. The fourth-order valence-electron chi connectivity index (χ4n) is 4.97. The van der Waals surface area contributed by atoms with E-state index >= 15 is 0 Å². The number of para-hydroxylation sites is 1. The third kappa shape index (κ3) is 4.96. The first-order valence-electron chi connectivity index (χ1n) is 12.9. The van der Waals surface area contributed by atoms with Gasteiger partial charge in [0.25, 0.3) is 10.0 Å². The van der Waals surface area contributed by atoms with E-state index in [1.807, 2.05) is 30.3 Å². The highest BCUT2D eigenvalue weighted by atomic mass is 32.2. The lowest BCUT2D eigenvalue weighted by Crippen LogP contribution is -2.38. The summed E-state index contributed by atoms with van der Waals surface area (Å²) in [4.78, 5) is 13.4. The number of nitrogens with zero attached hydrogens (tertiary/aromatic N) is 2. The van der Waals surface area contributed by atoms with Gasteiger partial charge in [-0.15, -0.1) is 0 Å². The fraction of sp³-hybridized carbons (Fsp3) is 0.194. The second-order valence-electron chi connectivity index (χ2n) is 9.41. The van der Waals surface area contributed by atoms with Crippen molar-refractivity contribution in [1.82, 2.24) is 4.57 Å². The zero-order chi connectivity index (χ0) is 28.4. The number of carbonyl (C=O) groups is 1. The molecule has 0 atom stereocenters. The number of rotatable bonds is 9. The number of amides is 1. The van der Waals surface area contributed by atoms with Crippen LogP contribution in [-0.2, 0) is 21.4 Å². The van der Waals surface area contributed by atoms with Crippen LogP contribution >= 0.6 is 0 Å². The monoisotopic (exact) mass is 557 g/mol. The van der Waals surface area contributed by atoms with Crippen molar-refractivity contribution in [2.75, 3.05) is 30.4 Å². The zero-order valence-electron chi connectivity index (χ0n) is 22.8. The zero-order valence-corrected chi connectivity index (χ0v) is 23.7. The van der Waals surface area contributed by atoms with Gasteiger partial charge in [0.2, 0.25) is 5.91 Å². The van der Waals surface area contributed by atoms with Crippen molar-refractivity contribution < 1.29 is 22.7 Å². The molecule has 1 heterocycles. The number of ether oxygens (including phenoxy) is 2. The number of fused-ring (bicyclic) bond motifs is 3. The average Bonchev–Trinajstić information content (AvgIpc) is 3.28. The van der Waals surface area contributed by atoms with Crippen LogP contribution in [0.25, 0.3) is 21.8 Å². The number of sulfonamides is 1. The standard InChI is InChI=1S/C31H31N3O5S/c1-5-33-27-9-7-6-8-25(27)26-19-22(11-16-28(26)33)32-31(35)20-34(23-12-14-24(38-3)15-13-23)40(36,37)30-18-21(2)10-17-29(30)39-4/h6-19H,5,20H2,1-4H3,(H,32,35). The van der Waals surface area contributed by atoms with Crippen molar-refractivity contribution in [3.8, 4) is 11.5 Å². The van der Waals surface area contributed by atoms with Gasteiger partial charge in [0.15, 0.2) is 0 Å². The molecule has 0 fully saturated rings. The molecule has 0 aliphatic rings. The second-order valence-corrected chi connectivity index (χ2v) is 11.2. The summed E-state index contributed by atoms with van der Waals surface area (Å²) in [5.74, 6) is 0.283. The summed E-state index contributed by atoms with van der Waals surface area (Å²) in [6, 6.07) is 25.3. The highest BCUT2D eigenvalue weighted by Gasteiger charge is 2.30. The van der Waals surface area contributed by atoms with Gasteiger partial charge in [-0.05, 0) is 80.1 Å². The van der Waals surface area contributed by atoms with Crippen LogP contribution in [0.5, 0.6) is 11.5 Å². The number of anilines is 2. The number of nitrogens with one attached hydrogen (secondary N) is 1. The van der Waals surface area contributed by atoms with Crippen molar-refractivity contribution in [2.45, 2.75) is 25.3 Å². The molecule has 0 aliphatic heterocycles. The van der Waals surface area contributed by atoms with Crippen molar-refractivity contribution in [2.24, 2.45) is 0 Å². The number of carbonyl (C=O) groups excluding carboxylic acids is 1. The molecule has 9 heteroatoms. The lowest BCUT2D eigenvalue weighted by molar-refractivity contribution is -0.114. The molecule has 0 saturated heterocycles. The maximum atomic E-state index is 14.0. The minimum absolute atomic E-state index is 0.0209. The summed E-state index contributed by atoms with van der Waals surface area (Å²) in [6.07, 6.45) is 0. The van der Waals surface area contributed by atoms with Crippen LogP contribution in [0.3, 0.4) is 0 Å². The van der Waals surface area contributed by atoms with Gasteiger partial charge in [0.05, 0.1) is 19.9 Å². The van der Waals surface area contributed by atoms with Crippen LogP contribution in [0.15, 0.2) is 89.8 Å². The smallest absolute Gasteiger partial charge is 0.268 e. The van der Waals surface area contributed by atoms with Gasteiger partial charge < -0.3 is 19.4 Å². The van der Waals surface area contributed by atoms with Crippen molar-refractivity contribution >= 4 is 49.1 Å². The predicted molar refractivity (Wildman–Crippen MR) is 159 cm³/mol. The Hall–Kier alpha value is -4.50. The molecule has 0 bridgehead atoms. The van der Waals surface area contributed by atoms with E-state index in [2.05, 4.69) is 28.9 Å². The minimum Gasteiger partial charge on any atom is -0.497 e. The van der Waals surface area contributed by atoms with Gasteiger partial charge in [-0.25, -0.2) is 8.42 Å². The Bertz CT molecular complexity index is 1810. The van der Waals surface area contributed by atoms with Crippen LogP contribution in [-0.4, -0.2) is 39.7 Å². The Balaban J connectivity index is 1.51. The Morgan fingerprint density at radius 3 is 2.30 bits per heavy atom. The molecular weight excluding hydrogens is 526 g/mol. The number of hydrogen-bond donors (Lipinski definition) is 1. The lowest BCUT2D eigenvalue weighted by atomic mass is 10.1. The number of methoxy groups -OCH3 is 2. The molecular formula is C31H31N3O5S. The van der Waals surface area contributed by atoms with Crippen LogP contribution in [0.4, 0.5) is 11.4 Å². The first-order valence-corrected chi connectivity index (χ1v) is 14.3. The highest BCUT2D eigenvalue weighted by molar-refractivity contribution is 7.93. The first-order chi connectivity index (χ1) is 19.3. The summed E-state index contributed by atoms with van der Waals surface area (Å²) < 4.78 is 41.9. The maximum Gasteiger partial charge on any atom is 0.268 e. The third-order valence-corrected chi connectivity index (χ3v) is 8.70. The van der Waals surface area contributed by atoms with Gasteiger partial charge in [0, 0.05) is 34.0 Å². The van der Waals surface area contributed by atoms with Crippen LogP contribution in [0.2, 0.25) is 0 Å². The molecule has 40 heavy (non-hydrogen) atoms. The quantitative estimate of drug-likeness (QED) is 0.241. The van der Waals surface area contributed by atoms with Gasteiger partial charge in [-0.3, -0.25) is 9.10 Å². The van der Waals surface area contributed by atoms with Gasteiger partial charge in [-0.1, -0.05) is 24.3 Å². The molecule has 0 unspecified atom stereocenters. The summed E-state index contributed by atoms with van der Waals surface area (Å²) in [7, 11) is -1.24. The van der Waals surface area contributed by atoms with E-state index in [-0.39, 0.29) is 10.6 Å². The van der Waals surface area contributed by atoms with Gasteiger partial charge >= 0.3 is 0 Å². The third-order valence-electron chi connectivity index (χ3n) is 6.91. The Labute approximate surface area is 233 Å². The second kappa shape index (κ2) is 10.9. The molecule has 0 aliphatic carbocycles. The summed E-state index contributed by atoms with van der Waals surface area (Å²) in [5, 5.41) is 5.00. The van der Waals surface area contributed by atoms with Crippen LogP contribution in [0.1, 0.15) is 12.5 Å². The van der Waals surface area contributed by atoms with E-state index in [4.69, 9.17) is 9.47 Å². The number of benzene rings is 4. The Kier molecular flexibility index (Phi) is 7.40. The Morgan fingerprint density at radius 1 is 0.875 bits per heavy atom. The number of aryl methyl sites for hydroxylation is 2. The largest absolute Gasteiger partial charge is 0.497 e. The van der Waals surface area contributed by atoms with E-state index < -0.39 is 22.5 Å². The lowest BCUT2D eigenvalue weighted by Gasteiger charge is -2.25. The molecule has 0 radical (unpaired) electrons. The molecule has 8 nitrogen and oxygen atoms in total. The topological polar surface area (TPSA) is 89.9 Å². The fourth-order valence-corrected chi connectivity index (χ4v) is 6.64. The molecule has 1 aromatic heterocycles. The maximum absolute atomic E-state index is 14.0. The number of hydrogen-bond acceptors (Lipinski definition) is 5. The van der Waals surface area contributed by atoms with Gasteiger partial charge in [0.1, 0.15) is 22.9 Å². The average molecular weight is 558 g/mol. The SMILES string of the molecule is CCn1c2ccccc2c2cc(NC(=O)CN(c3ccc(OC)cc3)S(=O)(=O)c3cc(C)ccc3OC)ccc21. The van der Waals surface area contributed by atoms with E-state index in [1.54, 1.807) is 49.4 Å². The van der Waals surface area contributed by atoms with Crippen LogP contribution in [0, 0.1) is 6.92 Å². The van der Waals surface area contributed by atoms with Gasteiger partial charge in [-0.2, -0.15) is 0 Å². The van der Waals surface area contributed by atoms with Crippen molar-refractivity contribution in [1.29, 1.82) is 0 Å². The Morgan fingerprint density at radius 2 is 1.60 bits per heavy atom. The van der Waals surface area contributed by atoms with E-state index in [0.29, 0.717) is 17.1 Å². The first kappa shape index (κ1) is 27.1. The van der Waals surface area contributed by atoms with E-state index in [1.165, 1.54) is 14.2 Å². The van der Waals surface area contributed by atoms with Crippen LogP contribution < -0.4 is 19.1 Å². The molecule has 0 saturated carbocycles. The molecule has 1 N–H and O–H groups in total. The predicted octanol–water partition coefficient (Wildman–Crippen LogP) is 5.97. The van der Waals surface area contributed by atoms with Crippen molar-refractivity contribution in [3.05, 3.63) is 90.5 Å². The van der Waals surface area contributed by atoms with E-state index in [9.17, 15) is 13.2 Å². The summed E-state index contributed by atoms with van der Waals surface area (Å²) in [5.41, 5.74) is 3.83. The normalized spacial score (nSPS) is 11.5.